The molecule has 0 aliphatic rings. The topological polar surface area (TPSA) is 94.8 Å². The molecule has 1 N–H and O–H groups in total. The van der Waals surface area contributed by atoms with E-state index in [2.05, 4.69) is 30.1 Å². The second-order valence-electron chi connectivity index (χ2n) is 7.37. The van der Waals surface area contributed by atoms with Gasteiger partial charge in [-0.25, -0.2) is 15.0 Å². The van der Waals surface area contributed by atoms with E-state index in [0.29, 0.717) is 11.5 Å². The maximum Gasteiger partial charge on any atom is 0.422 e. The first-order chi connectivity index (χ1) is 14.0. The van der Waals surface area contributed by atoms with Crippen molar-refractivity contribution in [1.29, 1.82) is 0 Å². The minimum absolute atomic E-state index is 0.133. The average Bonchev–Trinajstić information content (AvgIpc) is 3.11. The average molecular weight is 420 g/mol. The van der Waals surface area contributed by atoms with Crippen molar-refractivity contribution in [2.24, 2.45) is 0 Å². The number of pyridine rings is 1. The molecular formula is C19H19F3N6O2. The van der Waals surface area contributed by atoms with E-state index >= 15 is 0 Å². The zero-order valence-corrected chi connectivity index (χ0v) is 16.4. The van der Waals surface area contributed by atoms with E-state index in [1.807, 2.05) is 20.8 Å². The lowest BCUT2D eigenvalue weighted by Gasteiger charge is -2.13. The van der Waals surface area contributed by atoms with Crippen molar-refractivity contribution < 1.29 is 22.7 Å². The van der Waals surface area contributed by atoms with Crippen LogP contribution in [0.2, 0.25) is 0 Å². The number of hydrogen-bond donors (Lipinski definition) is 1. The highest BCUT2D eigenvalue weighted by molar-refractivity contribution is 6.03. The second-order valence-corrected chi connectivity index (χ2v) is 7.37. The molecule has 0 spiro atoms. The van der Waals surface area contributed by atoms with Crippen LogP contribution in [0.25, 0.3) is 5.95 Å². The number of anilines is 1. The van der Waals surface area contributed by atoms with Gasteiger partial charge in [0.1, 0.15) is 5.82 Å². The van der Waals surface area contributed by atoms with Crippen molar-refractivity contribution in [1.82, 2.24) is 24.7 Å². The van der Waals surface area contributed by atoms with Gasteiger partial charge >= 0.3 is 6.18 Å². The van der Waals surface area contributed by atoms with Crippen LogP contribution in [-0.2, 0) is 5.41 Å². The van der Waals surface area contributed by atoms with Gasteiger partial charge in [0.05, 0.1) is 11.3 Å². The third-order valence-electron chi connectivity index (χ3n) is 3.84. The summed E-state index contributed by atoms with van der Waals surface area (Å²) < 4.78 is 42.6. The van der Waals surface area contributed by atoms with E-state index in [-0.39, 0.29) is 22.8 Å². The Morgan fingerprint density at radius 1 is 1.13 bits per heavy atom. The molecule has 0 aliphatic carbocycles. The van der Waals surface area contributed by atoms with E-state index in [1.54, 1.807) is 24.5 Å². The number of hydrogen-bond acceptors (Lipinski definition) is 6. The van der Waals surface area contributed by atoms with Gasteiger partial charge in [-0.15, -0.1) is 0 Å². The molecule has 0 aromatic carbocycles. The zero-order valence-electron chi connectivity index (χ0n) is 16.4. The normalized spacial score (nSPS) is 11.9. The van der Waals surface area contributed by atoms with Crippen LogP contribution in [0.5, 0.6) is 5.88 Å². The molecule has 8 nitrogen and oxygen atoms in total. The number of alkyl halides is 3. The van der Waals surface area contributed by atoms with Crippen molar-refractivity contribution in [3.05, 3.63) is 54.1 Å². The lowest BCUT2D eigenvalue weighted by Crippen LogP contribution is -2.20. The summed E-state index contributed by atoms with van der Waals surface area (Å²) in [5, 5.41) is 7.21. The Morgan fingerprint density at radius 3 is 2.40 bits per heavy atom. The summed E-state index contributed by atoms with van der Waals surface area (Å²) in [6, 6.07) is 5.88. The third-order valence-corrected chi connectivity index (χ3v) is 3.84. The molecule has 3 aromatic rings. The van der Waals surface area contributed by atoms with Crippen LogP contribution in [0.4, 0.5) is 19.0 Å². The summed E-state index contributed by atoms with van der Waals surface area (Å²) in [5.74, 6) is -0.144. The van der Waals surface area contributed by atoms with Crippen molar-refractivity contribution in [3.63, 3.8) is 0 Å². The van der Waals surface area contributed by atoms with Gasteiger partial charge in [-0.1, -0.05) is 20.8 Å². The first-order valence-corrected chi connectivity index (χ1v) is 8.88. The highest BCUT2D eigenvalue weighted by atomic mass is 19.4. The van der Waals surface area contributed by atoms with Crippen molar-refractivity contribution in [2.45, 2.75) is 32.4 Å². The Hall–Kier alpha value is -3.50. The lowest BCUT2D eigenvalue weighted by molar-refractivity contribution is -0.154. The molecule has 0 saturated carbocycles. The summed E-state index contributed by atoms with van der Waals surface area (Å²) in [6.07, 6.45) is -0.238. The summed E-state index contributed by atoms with van der Waals surface area (Å²) in [5.41, 5.74) is 0.547. The Labute approximate surface area is 170 Å². The van der Waals surface area contributed by atoms with Crippen LogP contribution >= 0.6 is 0 Å². The lowest BCUT2D eigenvalue weighted by atomic mass is 9.92. The first-order valence-electron chi connectivity index (χ1n) is 8.88. The number of carbonyl (C=O) groups excluding carboxylic acids is 1. The van der Waals surface area contributed by atoms with Gasteiger partial charge in [0.25, 0.3) is 11.9 Å². The number of nitrogens with one attached hydrogen (secondary N) is 1. The summed E-state index contributed by atoms with van der Waals surface area (Å²) >= 11 is 0. The Morgan fingerprint density at radius 2 is 1.83 bits per heavy atom. The van der Waals surface area contributed by atoms with Crippen LogP contribution in [0, 0.1) is 0 Å². The predicted molar refractivity (Wildman–Crippen MR) is 102 cm³/mol. The molecule has 0 fully saturated rings. The van der Waals surface area contributed by atoms with Gasteiger partial charge in [-0.05, 0) is 12.1 Å². The fourth-order valence-corrected chi connectivity index (χ4v) is 2.33. The summed E-state index contributed by atoms with van der Waals surface area (Å²) in [6.45, 7) is 4.46. The standard InChI is InChI=1S/C19H19F3N6O2/c1-18(2,3)13-9-14(28(27-13)17-23-7-4-8-24-17)26-16(29)12-5-6-15(25-10-12)30-11-19(20,21)22/h4-10H,11H2,1-3H3,(H,26,29). The molecule has 0 saturated heterocycles. The van der Waals surface area contributed by atoms with E-state index in [4.69, 9.17) is 0 Å². The molecule has 0 aliphatic heterocycles. The highest BCUT2D eigenvalue weighted by Gasteiger charge is 2.28. The number of amides is 1. The van der Waals surface area contributed by atoms with Crippen molar-refractivity contribution in [2.75, 3.05) is 11.9 Å². The van der Waals surface area contributed by atoms with Gasteiger partial charge < -0.3 is 10.1 Å². The molecule has 0 atom stereocenters. The quantitative estimate of drug-likeness (QED) is 0.678. The Bertz CT molecular complexity index is 1010. The molecule has 1 amide bonds. The smallest absolute Gasteiger partial charge is 0.422 e. The van der Waals surface area contributed by atoms with E-state index in [9.17, 15) is 18.0 Å². The van der Waals surface area contributed by atoms with E-state index in [0.717, 1.165) is 6.20 Å². The van der Waals surface area contributed by atoms with E-state index in [1.165, 1.54) is 16.8 Å². The number of carbonyl (C=O) groups is 1. The molecule has 158 valence electrons. The molecule has 0 radical (unpaired) electrons. The van der Waals surface area contributed by atoms with Crippen LogP contribution in [0.15, 0.2) is 42.9 Å². The molecule has 30 heavy (non-hydrogen) atoms. The van der Waals surface area contributed by atoms with Crippen LogP contribution in [-0.4, -0.2) is 43.4 Å². The number of ether oxygens (including phenoxy) is 1. The summed E-state index contributed by atoms with van der Waals surface area (Å²) in [7, 11) is 0. The molecule has 3 aromatic heterocycles. The minimum atomic E-state index is -4.47. The third kappa shape index (κ3) is 5.31. The molecule has 3 rings (SSSR count). The van der Waals surface area contributed by atoms with Gasteiger partial charge in [0, 0.05) is 36.1 Å². The SMILES string of the molecule is CC(C)(C)c1cc(NC(=O)c2ccc(OCC(F)(F)F)nc2)n(-c2ncccn2)n1. The largest absolute Gasteiger partial charge is 0.468 e. The fourth-order valence-electron chi connectivity index (χ4n) is 2.33. The monoisotopic (exact) mass is 420 g/mol. The maximum atomic E-state index is 12.6. The molecular weight excluding hydrogens is 401 g/mol. The first kappa shape index (κ1) is 21.2. The molecule has 3 heterocycles. The van der Waals surface area contributed by atoms with Gasteiger partial charge in [0.2, 0.25) is 5.88 Å². The number of halogens is 3. The van der Waals surface area contributed by atoms with Gasteiger partial charge in [-0.3, -0.25) is 4.79 Å². The fraction of sp³-hybridized carbons (Fsp3) is 0.316. The molecule has 0 bridgehead atoms. The zero-order chi connectivity index (χ0) is 21.9. The van der Waals surface area contributed by atoms with Crippen LogP contribution in [0.3, 0.4) is 0 Å². The summed E-state index contributed by atoms with van der Waals surface area (Å²) in [4.78, 5) is 24.7. The highest BCUT2D eigenvalue weighted by Crippen LogP contribution is 2.25. The maximum absolute atomic E-state index is 12.6. The minimum Gasteiger partial charge on any atom is -0.468 e. The predicted octanol–water partition coefficient (Wildman–Crippen LogP) is 3.55. The second kappa shape index (κ2) is 8.09. The number of aromatic nitrogens is 5. The van der Waals surface area contributed by atoms with Gasteiger partial charge in [-0.2, -0.15) is 23.0 Å². The Kier molecular flexibility index (Phi) is 5.72. The van der Waals surface area contributed by atoms with Crippen LogP contribution in [0.1, 0.15) is 36.8 Å². The molecule has 11 heteroatoms. The van der Waals surface area contributed by atoms with Crippen LogP contribution < -0.4 is 10.1 Å². The van der Waals surface area contributed by atoms with Crippen molar-refractivity contribution >= 4 is 11.7 Å². The van der Waals surface area contributed by atoms with Gasteiger partial charge in [0.15, 0.2) is 6.61 Å². The Balaban J connectivity index is 1.81. The van der Waals surface area contributed by atoms with Crippen molar-refractivity contribution in [3.8, 4) is 11.8 Å². The number of nitrogens with zero attached hydrogens (tertiary/aromatic N) is 5. The number of rotatable bonds is 5. The molecule has 0 unspecified atom stereocenters. The van der Waals surface area contributed by atoms with E-state index < -0.39 is 18.7 Å².